The van der Waals surface area contributed by atoms with Crippen molar-refractivity contribution in [2.24, 2.45) is 11.3 Å². The van der Waals surface area contributed by atoms with Crippen LogP contribution in [0.25, 0.3) is 0 Å². The number of piperazine rings is 1. The van der Waals surface area contributed by atoms with Crippen LogP contribution in [0.3, 0.4) is 0 Å². The number of nitrogens with zero attached hydrogens (tertiary/aromatic N) is 3. The Morgan fingerprint density at radius 1 is 1.10 bits per heavy atom. The second kappa shape index (κ2) is 9.41. The highest BCUT2D eigenvalue weighted by Gasteiger charge is 2.36. The van der Waals surface area contributed by atoms with Gasteiger partial charge in [0.25, 0.3) is 5.91 Å². The quantitative estimate of drug-likeness (QED) is 0.739. The Kier molecular flexibility index (Phi) is 6.82. The molecule has 1 amide bonds. The molecule has 0 radical (unpaired) electrons. The number of hydrogen-bond donors (Lipinski definition) is 1. The topological polar surface area (TPSA) is 57.7 Å². The number of carbonyl (C=O) groups is 1. The standard InChI is InChI=1S/C24H37FN4O2/c1-24(2,3)17-4-5-19(16-17)28-10-12-29(13-11-28)21-7-6-20(27-22(21)25)23(30)26-18-8-14-31-15-9-18/h6-7,17-19H,4-5,8-16H2,1-3H3,(H,26,30). The maximum atomic E-state index is 14.8. The van der Waals surface area contributed by atoms with Gasteiger partial charge in [-0.25, -0.2) is 4.98 Å². The predicted molar refractivity (Wildman–Crippen MR) is 120 cm³/mol. The van der Waals surface area contributed by atoms with Gasteiger partial charge in [-0.15, -0.1) is 0 Å². The van der Waals surface area contributed by atoms with E-state index in [9.17, 15) is 9.18 Å². The molecule has 3 fully saturated rings. The normalized spacial score (nSPS) is 26.3. The zero-order chi connectivity index (χ0) is 22.0. The van der Waals surface area contributed by atoms with Crippen LogP contribution in [0.15, 0.2) is 12.1 Å². The molecule has 31 heavy (non-hydrogen) atoms. The fourth-order valence-corrected chi connectivity index (χ4v) is 5.29. The monoisotopic (exact) mass is 432 g/mol. The second-order valence-corrected chi connectivity index (χ2v) is 10.4. The molecule has 1 aromatic rings. The summed E-state index contributed by atoms with van der Waals surface area (Å²) >= 11 is 0. The number of halogens is 1. The van der Waals surface area contributed by atoms with Gasteiger partial charge >= 0.3 is 0 Å². The van der Waals surface area contributed by atoms with E-state index in [1.54, 1.807) is 12.1 Å². The molecular formula is C24H37FN4O2. The Bertz CT molecular complexity index is 767. The highest BCUT2D eigenvalue weighted by Crippen LogP contribution is 2.41. The molecule has 172 valence electrons. The number of carbonyl (C=O) groups excluding carboxylic acids is 1. The number of rotatable bonds is 4. The third kappa shape index (κ3) is 5.37. The van der Waals surface area contributed by atoms with Crippen molar-refractivity contribution in [3.63, 3.8) is 0 Å². The first-order valence-electron chi connectivity index (χ1n) is 11.9. The van der Waals surface area contributed by atoms with E-state index in [1.807, 2.05) is 0 Å². The van der Waals surface area contributed by atoms with Crippen molar-refractivity contribution in [1.82, 2.24) is 15.2 Å². The Labute approximate surface area is 185 Å². The first-order valence-corrected chi connectivity index (χ1v) is 11.9. The number of ether oxygens (including phenoxy) is 1. The van der Waals surface area contributed by atoms with Crippen molar-refractivity contribution < 1.29 is 13.9 Å². The molecule has 1 aromatic heterocycles. The summed E-state index contributed by atoms with van der Waals surface area (Å²) in [6.45, 7) is 11.8. The Hall–Kier alpha value is -1.73. The zero-order valence-electron chi connectivity index (χ0n) is 19.2. The van der Waals surface area contributed by atoms with Gasteiger partial charge in [0.05, 0.1) is 5.69 Å². The lowest BCUT2D eigenvalue weighted by molar-refractivity contribution is 0.0693. The van der Waals surface area contributed by atoms with Crippen molar-refractivity contribution in [3.8, 4) is 0 Å². The van der Waals surface area contributed by atoms with E-state index in [1.165, 1.54) is 19.3 Å². The van der Waals surface area contributed by atoms with Crippen molar-refractivity contribution in [1.29, 1.82) is 0 Å². The number of aromatic nitrogens is 1. The molecule has 4 rings (SSSR count). The average molecular weight is 433 g/mol. The molecule has 1 saturated carbocycles. The summed E-state index contributed by atoms with van der Waals surface area (Å²) in [4.78, 5) is 21.1. The maximum Gasteiger partial charge on any atom is 0.270 e. The first kappa shape index (κ1) is 22.5. The van der Waals surface area contributed by atoms with Crippen molar-refractivity contribution in [3.05, 3.63) is 23.8 Å². The maximum absolute atomic E-state index is 14.8. The Morgan fingerprint density at radius 3 is 2.42 bits per heavy atom. The fourth-order valence-electron chi connectivity index (χ4n) is 5.29. The van der Waals surface area contributed by atoms with E-state index in [2.05, 4.69) is 40.9 Å². The summed E-state index contributed by atoms with van der Waals surface area (Å²) in [5, 5.41) is 2.94. The highest BCUT2D eigenvalue weighted by molar-refractivity contribution is 5.92. The minimum Gasteiger partial charge on any atom is -0.381 e. The smallest absolute Gasteiger partial charge is 0.270 e. The van der Waals surface area contributed by atoms with E-state index in [0.717, 1.165) is 44.9 Å². The second-order valence-electron chi connectivity index (χ2n) is 10.4. The number of anilines is 1. The lowest BCUT2D eigenvalue weighted by atomic mass is 9.79. The Morgan fingerprint density at radius 2 is 1.81 bits per heavy atom. The molecule has 3 heterocycles. The van der Waals surface area contributed by atoms with Gasteiger partial charge in [0.2, 0.25) is 5.95 Å². The van der Waals surface area contributed by atoms with E-state index in [0.29, 0.717) is 30.4 Å². The molecule has 0 bridgehead atoms. The summed E-state index contributed by atoms with van der Waals surface area (Å²) in [5.41, 5.74) is 1.02. The van der Waals surface area contributed by atoms with Crippen molar-refractivity contribution in [2.45, 2.75) is 65.0 Å². The van der Waals surface area contributed by atoms with Gasteiger partial charge in [0.1, 0.15) is 5.69 Å². The van der Waals surface area contributed by atoms with Gasteiger partial charge in [-0.05, 0) is 55.6 Å². The SMILES string of the molecule is CC(C)(C)C1CCC(N2CCN(c3ccc(C(=O)NC4CCOCC4)nc3F)CC2)C1. The summed E-state index contributed by atoms with van der Waals surface area (Å²) in [7, 11) is 0. The zero-order valence-corrected chi connectivity index (χ0v) is 19.2. The van der Waals surface area contributed by atoms with E-state index in [-0.39, 0.29) is 17.6 Å². The Balaban J connectivity index is 1.31. The first-order chi connectivity index (χ1) is 14.8. The molecule has 3 aliphatic rings. The molecule has 7 heteroatoms. The molecule has 2 aliphatic heterocycles. The summed E-state index contributed by atoms with van der Waals surface area (Å²) < 4.78 is 20.1. The molecule has 2 atom stereocenters. The van der Waals surface area contributed by atoms with Crippen LogP contribution in [0, 0.1) is 17.3 Å². The molecule has 2 unspecified atom stereocenters. The number of hydrogen-bond acceptors (Lipinski definition) is 5. The van der Waals surface area contributed by atoms with Crippen LogP contribution in [0.4, 0.5) is 10.1 Å². The number of amides is 1. The lowest BCUT2D eigenvalue weighted by Gasteiger charge is -2.39. The van der Waals surface area contributed by atoms with Gasteiger partial charge in [-0.1, -0.05) is 20.8 Å². The highest BCUT2D eigenvalue weighted by atomic mass is 19.1. The van der Waals surface area contributed by atoms with Crippen molar-refractivity contribution >= 4 is 11.6 Å². The van der Waals surface area contributed by atoms with E-state index < -0.39 is 5.95 Å². The summed E-state index contributed by atoms with van der Waals surface area (Å²) in [6.07, 6.45) is 5.43. The summed E-state index contributed by atoms with van der Waals surface area (Å²) in [5.74, 6) is -0.0736. The van der Waals surface area contributed by atoms with Crippen LogP contribution in [0.5, 0.6) is 0 Å². The van der Waals surface area contributed by atoms with Gasteiger partial charge in [0, 0.05) is 51.5 Å². The molecule has 0 spiro atoms. The van der Waals surface area contributed by atoms with Gasteiger partial charge in [0.15, 0.2) is 0 Å². The number of pyridine rings is 1. The lowest BCUT2D eigenvalue weighted by Crippen LogP contribution is -2.50. The minimum absolute atomic E-state index is 0.0762. The van der Waals surface area contributed by atoms with Crippen LogP contribution in [-0.2, 0) is 4.74 Å². The van der Waals surface area contributed by atoms with Gasteiger partial charge in [-0.2, -0.15) is 4.39 Å². The molecule has 1 aliphatic carbocycles. The minimum atomic E-state index is -0.554. The fraction of sp³-hybridized carbons (Fsp3) is 0.750. The largest absolute Gasteiger partial charge is 0.381 e. The molecule has 2 saturated heterocycles. The van der Waals surface area contributed by atoms with Crippen LogP contribution in [0.1, 0.15) is 63.4 Å². The molecule has 1 N–H and O–H groups in total. The van der Waals surface area contributed by atoms with Crippen molar-refractivity contribution in [2.75, 3.05) is 44.3 Å². The van der Waals surface area contributed by atoms with Crippen LogP contribution < -0.4 is 10.2 Å². The number of nitrogens with one attached hydrogen (secondary N) is 1. The van der Waals surface area contributed by atoms with Crippen LogP contribution >= 0.6 is 0 Å². The van der Waals surface area contributed by atoms with Gasteiger partial charge in [-0.3, -0.25) is 9.69 Å². The van der Waals surface area contributed by atoms with Gasteiger partial charge < -0.3 is 15.0 Å². The third-order valence-corrected chi connectivity index (χ3v) is 7.42. The predicted octanol–water partition coefficient (Wildman–Crippen LogP) is 3.47. The average Bonchev–Trinajstić information content (AvgIpc) is 3.25. The summed E-state index contributed by atoms with van der Waals surface area (Å²) in [6, 6.07) is 4.09. The molecule has 0 aromatic carbocycles. The molecular weight excluding hydrogens is 395 g/mol. The van der Waals surface area contributed by atoms with Crippen LogP contribution in [-0.4, -0.2) is 67.3 Å². The third-order valence-electron chi connectivity index (χ3n) is 7.42. The van der Waals surface area contributed by atoms with Crippen LogP contribution in [0.2, 0.25) is 0 Å². The van der Waals surface area contributed by atoms with E-state index >= 15 is 0 Å². The van der Waals surface area contributed by atoms with E-state index in [4.69, 9.17) is 4.74 Å². The molecule has 6 nitrogen and oxygen atoms in total.